The van der Waals surface area contributed by atoms with Gasteiger partial charge in [-0.25, -0.2) is 14.8 Å². The number of imidazole rings is 2. The summed E-state index contributed by atoms with van der Waals surface area (Å²) in [7, 11) is 0. The van der Waals surface area contributed by atoms with Crippen molar-refractivity contribution in [2.24, 2.45) is 0 Å². The number of rotatable bonds is 5. The number of hydrogen-bond acceptors (Lipinski definition) is 5. The third kappa shape index (κ3) is 6.00. The molecule has 3 aliphatic rings. The molecule has 0 spiro atoms. The van der Waals surface area contributed by atoms with Crippen LogP contribution in [0.5, 0.6) is 0 Å². The van der Waals surface area contributed by atoms with E-state index in [-0.39, 0.29) is 24.1 Å². The van der Waals surface area contributed by atoms with Crippen molar-refractivity contribution in [3.05, 3.63) is 72.6 Å². The van der Waals surface area contributed by atoms with Gasteiger partial charge in [-0.2, -0.15) is 0 Å². The molecule has 45 heavy (non-hydrogen) atoms. The molecule has 9 nitrogen and oxygen atoms in total. The van der Waals surface area contributed by atoms with Crippen LogP contribution >= 0.6 is 0 Å². The topological polar surface area (TPSA) is 107 Å². The van der Waals surface area contributed by atoms with Crippen LogP contribution in [0.15, 0.2) is 60.9 Å². The number of aromatic nitrogens is 4. The smallest absolute Gasteiger partial charge is 0.410 e. The molecule has 2 aromatic carbocycles. The summed E-state index contributed by atoms with van der Waals surface area (Å²) in [5, 5.41) is 0. The second-order valence-corrected chi connectivity index (χ2v) is 13.6. The Balaban J connectivity index is 1.02. The first-order chi connectivity index (χ1) is 21.7. The lowest BCUT2D eigenvalue weighted by molar-refractivity contribution is -0.133. The molecule has 3 atom stereocenters. The van der Waals surface area contributed by atoms with E-state index in [4.69, 9.17) is 9.72 Å². The average Bonchev–Trinajstić information content (AvgIpc) is 3.83. The van der Waals surface area contributed by atoms with E-state index in [0.29, 0.717) is 19.0 Å². The van der Waals surface area contributed by atoms with Gasteiger partial charge >= 0.3 is 6.09 Å². The highest BCUT2D eigenvalue weighted by molar-refractivity contribution is 5.78. The van der Waals surface area contributed by atoms with Gasteiger partial charge in [0.15, 0.2) is 0 Å². The normalized spacial score (nSPS) is 22.0. The second-order valence-electron chi connectivity index (χ2n) is 13.6. The Kier molecular flexibility index (Phi) is 7.71. The summed E-state index contributed by atoms with van der Waals surface area (Å²) in [6, 6.07) is 17.3. The van der Waals surface area contributed by atoms with Crippen molar-refractivity contribution in [1.29, 1.82) is 0 Å². The molecule has 0 saturated carbocycles. The van der Waals surface area contributed by atoms with Crippen LogP contribution in [0.4, 0.5) is 4.79 Å². The van der Waals surface area contributed by atoms with Crippen LogP contribution in [0.25, 0.3) is 33.6 Å². The fourth-order valence-electron chi connectivity index (χ4n) is 7.18. The first kappa shape index (κ1) is 29.3. The van der Waals surface area contributed by atoms with Gasteiger partial charge in [0.1, 0.15) is 17.2 Å². The van der Waals surface area contributed by atoms with Gasteiger partial charge in [0, 0.05) is 19.0 Å². The number of nitrogens with one attached hydrogen (secondary N) is 2. The van der Waals surface area contributed by atoms with E-state index >= 15 is 0 Å². The predicted molar refractivity (Wildman–Crippen MR) is 173 cm³/mol. The Morgan fingerprint density at radius 3 is 1.93 bits per heavy atom. The Morgan fingerprint density at radius 2 is 1.33 bits per heavy atom. The highest BCUT2D eigenvalue weighted by Crippen LogP contribution is 2.40. The monoisotopic (exact) mass is 606 g/mol. The van der Waals surface area contributed by atoms with Crippen LogP contribution in [0.1, 0.15) is 95.9 Å². The van der Waals surface area contributed by atoms with Gasteiger partial charge in [-0.05, 0) is 81.5 Å². The second kappa shape index (κ2) is 11.8. The Hall–Kier alpha value is -4.40. The molecule has 234 valence electrons. The lowest BCUT2D eigenvalue weighted by atomic mass is 10.0. The molecule has 7 rings (SSSR count). The first-order valence-corrected chi connectivity index (χ1v) is 16.4. The lowest BCUT2D eigenvalue weighted by Crippen LogP contribution is -2.36. The maximum Gasteiger partial charge on any atom is 0.410 e. The number of carbonyl (C=O) groups excluding carboxylic acids is 2. The summed E-state index contributed by atoms with van der Waals surface area (Å²) < 4.78 is 5.63. The molecule has 4 aromatic rings. The van der Waals surface area contributed by atoms with Crippen molar-refractivity contribution < 1.29 is 14.3 Å². The molecular weight excluding hydrogens is 564 g/mol. The Bertz CT molecular complexity index is 1670. The number of nitrogens with zero attached hydrogens (tertiary/aromatic N) is 4. The minimum absolute atomic E-state index is 0.0557. The molecular formula is C36H42N6O3. The van der Waals surface area contributed by atoms with E-state index < -0.39 is 5.60 Å². The summed E-state index contributed by atoms with van der Waals surface area (Å²) in [5.41, 5.74) is 5.73. The molecule has 2 N–H and O–H groups in total. The van der Waals surface area contributed by atoms with E-state index in [0.717, 1.165) is 90.2 Å². The van der Waals surface area contributed by atoms with E-state index in [1.807, 2.05) is 33.2 Å². The molecule has 0 aliphatic carbocycles. The standard InChI is InChI=1S/C36H42N6O3/c1-36(2,3)45-35(44)41-20-6-8-30(41)33-37-21-28(39-33)25-14-10-23(11-15-25)24-12-16-26(17-13-24)29-22-38-34(40-29)31-19-18-27-7-4-5-9-32(43)42(27)31/h10-17,21-22,27,30-31H,4-9,18-20H2,1-3H3,(H,37,39)(H,38,40). The molecule has 3 unspecified atom stereocenters. The van der Waals surface area contributed by atoms with Gasteiger partial charge in [-0.3, -0.25) is 9.69 Å². The van der Waals surface area contributed by atoms with Crippen molar-refractivity contribution in [2.45, 2.75) is 95.9 Å². The van der Waals surface area contributed by atoms with Crippen LogP contribution in [0.2, 0.25) is 0 Å². The number of carbonyl (C=O) groups is 2. The van der Waals surface area contributed by atoms with Crippen LogP contribution in [-0.4, -0.2) is 59.9 Å². The summed E-state index contributed by atoms with van der Waals surface area (Å²) in [6.07, 6.45) is 11.2. The van der Waals surface area contributed by atoms with Gasteiger partial charge in [-0.15, -0.1) is 0 Å². The molecule has 2 aromatic heterocycles. The van der Waals surface area contributed by atoms with Gasteiger partial charge in [-0.1, -0.05) is 55.0 Å². The highest BCUT2D eigenvalue weighted by Gasteiger charge is 2.40. The Morgan fingerprint density at radius 1 is 0.756 bits per heavy atom. The molecule has 0 bridgehead atoms. The zero-order valence-electron chi connectivity index (χ0n) is 26.4. The van der Waals surface area contributed by atoms with E-state index in [1.54, 1.807) is 4.90 Å². The maximum atomic E-state index is 12.8. The van der Waals surface area contributed by atoms with Gasteiger partial charge in [0.05, 0.1) is 35.9 Å². The fourth-order valence-corrected chi connectivity index (χ4v) is 7.18. The number of likely N-dealkylation sites (tertiary alicyclic amines) is 1. The van der Waals surface area contributed by atoms with Crippen LogP contribution in [-0.2, 0) is 9.53 Å². The zero-order valence-corrected chi connectivity index (χ0v) is 26.4. The van der Waals surface area contributed by atoms with Crippen LogP contribution < -0.4 is 0 Å². The first-order valence-electron chi connectivity index (χ1n) is 16.4. The number of fused-ring (bicyclic) bond motifs is 1. The van der Waals surface area contributed by atoms with Gasteiger partial charge in [0.25, 0.3) is 0 Å². The minimum Gasteiger partial charge on any atom is -0.444 e. The molecule has 3 fully saturated rings. The quantitative estimate of drug-likeness (QED) is 0.241. The van der Waals surface area contributed by atoms with E-state index in [2.05, 4.69) is 68.4 Å². The van der Waals surface area contributed by atoms with Crippen molar-refractivity contribution in [3.63, 3.8) is 0 Å². The highest BCUT2D eigenvalue weighted by atomic mass is 16.6. The molecule has 3 saturated heterocycles. The number of benzene rings is 2. The molecule has 2 amide bonds. The van der Waals surface area contributed by atoms with Crippen molar-refractivity contribution >= 4 is 12.0 Å². The number of ether oxygens (including phenoxy) is 1. The van der Waals surface area contributed by atoms with Crippen molar-refractivity contribution in [3.8, 4) is 33.6 Å². The fraction of sp³-hybridized carbons (Fsp3) is 0.444. The molecule has 9 heteroatoms. The number of amides is 2. The Labute approximate surface area is 264 Å². The van der Waals surface area contributed by atoms with Crippen LogP contribution in [0.3, 0.4) is 0 Å². The third-order valence-electron chi connectivity index (χ3n) is 9.40. The number of hydrogen-bond donors (Lipinski definition) is 2. The minimum atomic E-state index is -0.530. The van der Waals surface area contributed by atoms with Crippen LogP contribution in [0, 0.1) is 0 Å². The molecule has 0 radical (unpaired) electrons. The summed E-state index contributed by atoms with van der Waals surface area (Å²) in [5.74, 6) is 1.97. The zero-order chi connectivity index (χ0) is 31.1. The maximum absolute atomic E-state index is 12.8. The number of aromatic amines is 2. The molecule has 3 aliphatic heterocycles. The largest absolute Gasteiger partial charge is 0.444 e. The van der Waals surface area contributed by atoms with Crippen molar-refractivity contribution in [2.75, 3.05) is 6.54 Å². The SMILES string of the molecule is CC(C)(C)OC(=O)N1CCCC1c1ncc(-c2ccc(-c3ccc(-c4cnc(C5CCC6CCCCC(=O)N65)[nH]4)cc3)cc2)[nH]1. The van der Waals surface area contributed by atoms with Gasteiger partial charge < -0.3 is 19.6 Å². The van der Waals surface area contributed by atoms with E-state index in [9.17, 15) is 9.59 Å². The van der Waals surface area contributed by atoms with Crippen molar-refractivity contribution in [1.82, 2.24) is 29.7 Å². The summed E-state index contributed by atoms with van der Waals surface area (Å²) in [6.45, 7) is 6.34. The molecule has 5 heterocycles. The average molecular weight is 607 g/mol. The summed E-state index contributed by atoms with van der Waals surface area (Å²) in [4.78, 5) is 45.8. The van der Waals surface area contributed by atoms with E-state index in [1.165, 1.54) is 0 Å². The third-order valence-corrected chi connectivity index (χ3v) is 9.40. The lowest BCUT2D eigenvalue weighted by Gasteiger charge is -2.27. The van der Waals surface area contributed by atoms with Gasteiger partial charge in [0.2, 0.25) is 5.91 Å². The number of H-pyrrole nitrogens is 2. The predicted octanol–water partition coefficient (Wildman–Crippen LogP) is 7.81. The summed E-state index contributed by atoms with van der Waals surface area (Å²) >= 11 is 0.